The fourth-order valence-corrected chi connectivity index (χ4v) is 4.66. The maximum atomic E-state index is 12.1. The number of ether oxygens (including phenoxy) is 2. The number of allylic oxidation sites excluding steroid dienone is 1. The third-order valence-electron chi connectivity index (χ3n) is 6.75. The van der Waals surface area contributed by atoms with E-state index in [1.54, 1.807) is 13.0 Å². The van der Waals surface area contributed by atoms with E-state index in [-0.39, 0.29) is 29.6 Å². The number of fused-ring (bicyclic) bond motifs is 2. The van der Waals surface area contributed by atoms with Crippen molar-refractivity contribution in [1.29, 1.82) is 0 Å². The second-order valence-corrected chi connectivity index (χ2v) is 8.03. The van der Waals surface area contributed by atoms with Gasteiger partial charge in [-0.25, -0.2) is 9.59 Å². The fraction of sp³-hybridized carbons (Fsp3) is 0.700. The molecule has 0 aromatic heterocycles. The highest BCUT2D eigenvalue weighted by atomic mass is 16.6. The van der Waals surface area contributed by atoms with Gasteiger partial charge in [-0.3, -0.25) is 0 Å². The minimum atomic E-state index is -0.210. The van der Waals surface area contributed by atoms with E-state index in [0.717, 1.165) is 31.3 Å². The highest BCUT2D eigenvalue weighted by Gasteiger charge is 2.53. The molecule has 2 aliphatic carbocycles. The highest BCUT2D eigenvalue weighted by Crippen LogP contribution is 2.57. The monoisotopic (exact) mass is 332 g/mol. The van der Waals surface area contributed by atoms with Crippen molar-refractivity contribution in [2.24, 2.45) is 17.3 Å². The lowest BCUT2D eigenvalue weighted by atomic mass is 9.54. The fourth-order valence-electron chi connectivity index (χ4n) is 4.66. The minimum absolute atomic E-state index is 0.0378. The molecule has 1 heterocycles. The Morgan fingerprint density at radius 3 is 2.71 bits per heavy atom. The molecule has 0 N–H and O–H groups in total. The van der Waals surface area contributed by atoms with Crippen LogP contribution in [-0.4, -0.2) is 24.1 Å². The van der Waals surface area contributed by atoms with Gasteiger partial charge in [-0.1, -0.05) is 19.9 Å². The van der Waals surface area contributed by atoms with Crippen LogP contribution in [0.25, 0.3) is 0 Å². The molecule has 2 saturated carbocycles. The number of rotatable bonds is 2. The van der Waals surface area contributed by atoms with Gasteiger partial charge in [0.15, 0.2) is 0 Å². The van der Waals surface area contributed by atoms with Crippen molar-refractivity contribution in [3.05, 3.63) is 22.8 Å². The molecule has 0 spiro atoms. The van der Waals surface area contributed by atoms with Crippen LogP contribution in [0.5, 0.6) is 0 Å². The smallest absolute Gasteiger partial charge is 0.334 e. The maximum Gasteiger partial charge on any atom is 0.334 e. The molecule has 24 heavy (non-hydrogen) atoms. The van der Waals surface area contributed by atoms with Gasteiger partial charge in [0.05, 0.1) is 0 Å². The largest absolute Gasteiger partial charge is 0.459 e. The van der Waals surface area contributed by atoms with E-state index in [1.807, 2.05) is 13.8 Å². The van der Waals surface area contributed by atoms with Gasteiger partial charge in [-0.05, 0) is 69.3 Å². The van der Waals surface area contributed by atoms with Crippen molar-refractivity contribution in [1.82, 2.24) is 0 Å². The third kappa shape index (κ3) is 2.70. The summed E-state index contributed by atoms with van der Waals surface area (Å²) in [4.78, 5) is 24.0. The number of carbonyl (C=O) groups is 2. The summed E-state index contributed by atoms with van der Waals surface area (Å²) in [6, 6.07) is 0. The van der Waals surface area contributed by atoms with Crippen LogP contribution in [0.15, 0.2) is 22.8 Å². The van der Waals surface area contributed by atoms with Gasteiger partial charge < -0.3 is 9.47 Å². The average molecular weight is 332 g/mol. The summed E-state index contributed by atoms with van der Waals surface area (Å²) in [7, 11) is 0. The number of hydrogen-bond donors (Lipinski definition) is 0. The van der Waals surface area contributed by atoms with Gasteiger partial charge in [-0.2, -0.15) is 0 Å². The van der Waals surface area contributed by atoms with E-state index in [9.17, 15) is 9.59 Å². The molecule has 0 bridgehead atoms. The number of hydrogen-bond acceptors (Lipinski definition) is 4. The first-order chi connectivity index (χ1) is 11.3. The van der Waals surface area contributed by atoms with E-state index >= 15 is 0 Å². The SMILES string of the molecule is C/C=C(\C)C(=O)O[C@H]1C[C@@H]2C[C@H]3OC(=O)C(C)=C3C[C@]2(C)[C@@H](C)C1. The molecule has 0 aromatic rings. The Morgan fingerprint density at radius 1 is 1.33 bits per heavy atom. The van der Waals surface area contributed by atoms with Crippen LogP contribution < -0.4 is 0 Å². The van der Waals surface area contributed by atoms with E-state index < -0.39 is 0 Å². The summed E-state index contributed by atoms with van der Waals surface area (Å²) in [5.74, 6) is 0.490. The molecular formula is C20H28O4. The molecule has 3 aliphatic rings. The Hall–Kier alpha value is -1.58. The van der Waals surface area contributed by atoms with Crippen molar-refractivity contribution < 1.29 is 19.1 Å². The molecule has 0 unspecified atom stereocenters. The number of carbonyl (C=O) groups excluding carboxylic acids is 2. The first-order valence-electron chi connectivity index (χ1n) is 9.00. The van der Waals surface area contributed by atoms with E-state index in [0.29, 0.717) is 17.4 Å². The first kappa shape index (κ1) is 17.2. The van der Waals surface area contributed by atoms with Crippen molar-refractivity contribution in [2.75, 3.05) is 0 Å². The zero-order valence-electron chi connectivity index (χ0n) is 15.3. The molecule has 3 rings (SSSR count). The standard InChI is InChI=1S/C20H28O4/c1-6-11(2)18(21)23-15-7-12(3)20(5)10-16-13(4)19(22)24-17(16)9-14(20)8-15/h6,12,14-15,17H,7-10H2,1-5H3/b11-6+/t12-,14+,15+,17+,20+/m0/s1. The Labute approximate surface area is 144 Å². The van der Waals surface area contributed by atoms with Crippen molar-refractivity contribution in [3.63, 3.8) is 0 Å². The Morgan fingerprint density at radius 2 is 2.04 bits per heavy atom. The normalized spacial score (nSPS) is 39.2. The number of esters is 2. The van der Waals surface area contributed by atoms with E-state index in [2.05, 4.69) is 13.8 Å². The predicted molar refractivity (Wildman–Crippen MR) is 91.1 cm³/mol. The minimum Gasteiger partial charge on any atom is -0.459 e. The molecule has 132 valence electrons. The second kappa shape index (κ2) is 6.05. The maximum absolute atomic E-state index is 12.1. The van der Waals surface area contributed by atoms with Crippen LogP contribution in [0.4, 0.5) is 0 Å². The van der Waals surface area contributed by atoms with Crippen molar-refractivity contribution in [3.8, 4) is 0 Å². The molecule has 4 nitrogen and oxygen atoms in total. The topological polar surface area (TPSA) is 52.6 Å². The zero-order valence-corrected chi connectivity index (χ0v) is 15.3. The molecule has 0 aromatic carbocycles. The third-order valence-corrected chi connectivity index (χ3v) is 6.75. The molecule has 4 heteroatoms. The summed E-state index contributed by atoms with van der Waals surface area (Å²) >= 11 is 0. The summed E-state index contributed by atoms with van der Waals surface area (Å²) in [5, 5.41) is 0. The van der Waals surface area contributed by atoms with Gasteiger partial charge in [0.2, 0.25) is 0 Å². The lowest BCUT2D eigenvalue weighted by molar-refractivity contribution is -0.154. The van der Waals surface area contributed by atoms with Gasteiger partial charge >= 0.3 is 11.9 Å². The van der Waals surface area contributed by atoms with Crippen LogP contribution in [0.3, 0.4) is 0 Å². The van der Waals surface area contributed by atoms with Gasteiger partial charge in [0.25, 0.3) is 0 Å². The molecule has 5 atom stereocenters. The zero-order chi connectivity index (χ0) is 17.6. The van der Waals surface area contributed by atoms with E-state index in [1.165, 1.54) is 5.57 Å². The van der Waals surface area contributed by atoms with Crippen molar-refractivity contribution in [2.45, 2.75) is 72.5 Å². The average Bonchev–Trinajstić information content (AvgIpc) is 2.80. The van der Waals surface area contributed by atoms with Crippen LogP contribution >= 0.6 is 0 Å². The highest BCUT2D eigenvalue weighted by molar-refractivity contribution is 5.91. The lowest BCUT2D eigenvalue weighted by Gasteiger charge is -2.52. The summed E-state index contributed by atoms with van der Waals surface area (Å²) < 4.78 is 11.3. The quantitative estimate of drug-likeness (QED) is 0.567. The summed E-state index contributed by atoms with van der Waals surface area (Å²) in [6.07, 6.45) is 5.23. The van der Waals surface area contributed by atoms with Crippen molar-refractivity contribution >= 4 is 11.9 Å². The second-order valence-electron chi connectivity index (χ2n) is 8.03. The Kier molecular flexibility index (Phi) is 4.35. The van der Waals surface area contributed by atoms with E-state index in [4.69, 9.17) is 9.47 Å². The van der Waals surface area contributed by atoms with Crippen LogP contribution in [-0.2, 0) is 19.1 Å². The molecule has 0 radical (unpaired) electrons. The summed E-state index contributed by atoms with van der Waals surface area (Å²) in [5.41, 5.74) is 2.82. The van der Waals surface area contributed by atoms with Gasteiger partial charge in [-0.15, -0.1) is 0 Å². The van der Waals surface area contributed by atoms with Crippen LogP contribution in [0.1, 0.15) is 60.3 Å². The predicted octanol–water partition coefficient (Wildman–Crippen LogP) is 3.95. The molecule has 2 fully saturated rings. The molecule has 0 saturated heterocycles. The molecule has 0 amide bonds. The summed E-state index contributed by atoms with van der Waals surface area (Å²) in [6.45, 7) is 10.1. The lowest BCUT2D eigenvalue weighted by Crippen LogP contribution is -2.48. The molecular weight excluding hydrogens is 304 g/mol. The van der Waals surface area contributed by atoms with Gasteiger partial charge in [0.1, 0.15) is 12.2 Å². The Balaban J connectivity index is 1.77. The Bertz CT molecular complexity index is 630. The van der Waals surface area contributed by atoms with Crippen LogP contribution in [0.2, 0.25) is 0 Å². The molecule has 1 aliphatic heterocycles. The first-order valence-corrected chi connectivity index (χ1v) is 9.00. The van der Waals surface area contributed by atoms with Gasteiger partial charge in [0, 0.05) is 11.1 Å². The van der Waals surface area contributed by atoms with Crippen LogP contribution in [0, 0.1) is 17.3 Å².